The van der Waals surface area contributed by atoms with Crippen LogP contribution in [0.15, 0.2) is 12.1 Å². The highest BCUT2D eigenvalue weighted by Crippen LogP contribution is 2.39. The standard InChI is InChI=1S/C11H14F3NO3/c1-16-9-5-7(3-4-18-15)8(11(12,13)14)6-10(9)17-2/h5-6H,3-4,15H2,1-2H3. The SMILES string of the molecule is COc1cc(CCON)c(C(F)(F)F)cc1OC. The van der Waals surface area contributed by atoms with E-state index in [-0.39, 0.29) is 30.1 Å². The van der Waals surface area contributed by atoms with Gasteiger partial charge >= 0.3 is 6.18 Å². The molecular formula is C11H14F3NO3. The van der Waals surface area contributed by atoms with Crippen LogP contribution in [-0.2, 0) is 17.4 Å². The van der Waals surface area contributed by atoms with Crippen molar-refractivity contribution >= 4 is 0 Å². The van der Waals surface area contributed by atoms with Crippen LogP contribution in [0.5, 0.6) is 11.5 Å². The van der Waals surface area contributed by atoms with Crippen molar-refractivity contribution in [3.05, 3.63) is 23.3 Å². The zero-order valence-corrected chi connectivity index (χ0v) is 10.0. The Morgan fingerprint density at radius 2 is 1.67 bits per heavy atom. The summed E-state index contributed by atoms with van der Waals surface area (Å²) in [5.41, 5.74) is -0.734. The van der Waals surface area contributed by atoms with Gasteiger partial charge in [0, 0.05) is 0 Å². The van der Waals surface area contributed by atoms with Gasteiger partial charge in [0.2, 0.25) is 0 Å². The first-order valence-electron chi connectivity index (χ1n) is 5.07. The van der Waals surface area contributed by atoms with E-state index in [0.717, 1.165) is 6.07 Å². The average Bonchev–Trinajstić information content (AvgIpc) is 2.33. The number of nitrogens with two attached hydrogens (primary N) is 1. The first-order valence-corrected chi connectivity index (χ1v) is 5.07. The molecule has 102 valence electrons. The predicted octanol–water partition coefficient (Wildman–Crippen LogP) is 2.16. The topological polar surface area (TPSA) is 53.7 Å². The molecular weight excluding hydrogens is 251 g/mol. The molecule has 0 aromatic heterocycles. The number of hydrogen-bond donors (Lipinski definition) is 1. The Hall–Kier alpha value is -1.47. The minimum absolute atomic E-state index is 0.0153. The monoisotopic (exact) mass is 265 g/mol. The molecule has 0 saturated heterocycles. The van der Waals surface area contributed by atoms with E-state index in [4.69, 9.17) is 15.4 Å². The minimum atomic E-state index is -4.47. The molecule has 0 amide bonds. The zero-order valence-electron chi connectivity index (χ0n) is 10.0. The molecule has 4 nitrogen and oxygen atoms in total. The van der Waals surface area contributed by atoms with Crippen LogP contribution in [0.2, 0.25) is 0 Å². The molecule has 7 heteroatoms. The van der Waals surface area contributed by atoms with Crippen LogP contribution in [0.4, 0.5) is 13.2 Å². The van der Waals surface area contributed by atoms with Gasteiger partial charge in [0.05, 0.1) is 26.4 Å². The summed E-state index contributed by atoms with van der Waals surface area (Å²) in [5, 5.41) is 0. The van der Waals surface area contributed by atoms with E-state index < -0.39 is 11.7 Å². The van der Waals surface area contributed by atoms with E-state index in [2.05, 4.69) is 4.84 Å². The van der Waals surface area contributed by atoms with Crippen molar-refractivity contribution in [1.29, 1.82) is 0 Å². The van der Waals surface area contributed by atoms with Gasteiger partial charge < -0.3 is 14.3 Å². The number of rotatable bonds is 5. The predicted molar refractivity (Wildman–Crippen MR) is 58.4 cm³/mol. The number of alkyl halides is 3. The molecule has 0 fully saturated rings. The van der Waals surface area contributed by atoms with Crippen LogP contribution < -0.4 is 15.4 Å². The van der Waals surface area contributed by atoms with Gasteiger partial charge in [-0.2, -0.15) is 13.2 Å². The molecule has 0 saturated carbocycles. The van der Waals surface area contributed by atoms with Crippen LogP contribution in [0.25, 0.3) is 0 Å². The molecule has 0 bridgehead atoms. The summed E-state index contributed by atoms with van der Waals surface area (Å²) in [6, 6.07) is 2.19. The van der Waals surface area contributed by atoms with E-state index in [0.29, 0.717) is 0 Å². The molecule has 1 rings (SSSR count). The molecule has 18 heavy (non-hydrogen) atoms. The zero-order chi connectivity index (χ0) is 13.8. The van der Waals surface area contributed by atoms with Gasteiger partial charge in [0.25, 0.3) is 0 Å². The van der Waals surface area contributed by atoms with Gasteiger partial charge in [-0.25, -0.2) is 5.90 Å². The highest BCUT2D eigenvalue weighted by molar-refractivity contribution is 5.48. The van der Waals surface area contributed by atoms with Gasteiger partial charge in [0.15, 0.2) is 11.5 Å². The van der Waals surface area contributed by atoms with Gasteiger partial charge in [-0.05, 0) is 24.1 Å². The third kappa shape index (κ3) is 3.27. The second kappa shape index (κ2) is 5.92. The van der Waals surface area contributed by atoms with Crippen LogP contribution in [0.1, 0.15) is 11.1 Å². The number of halogens is 3. The van der Waals surface area contributed by atoms with Crippen LogP contribution in [0, 0.1) is 0 Å². The van der Waals surface area contributed by atoms with Crippen LogP contribution in [-0.4, -0.2) is 20.8 Å². The Morgan fingerprint density at radius 3 is 2.11 bits per heavy atom. The molecule has 0 aliphatic heterocycles. The molecule has 1 aromatic carbocycles. The Morgan fingerprint density at radius 1 is 1.11 bits per heavy atom. The Bertz CT molecular complexity index is 407. The van der Waals surface area contributed by atoms with Crippen molar-refractivity contribution in [3.8, 4) is 11.5 Å². The summed E-state index contributed by atoms with van der Waals surface area (Å²) in [6.45, 7) is -0.0153. The molecule has 0 radical (unpaired) electrons. The highest BCUT2D eigenvalue weighted by Gasteiger charge is 2.34. The van der Waals surface area contributed by atoms with Crippen molar-refractivity contribution in [2.24, 2.45) is 5.90 Å². The first kappa shape index (κ1) is 14.6. The second-order valence-corrected chi connectivity index (χ2v) is 3.48. The maximum absolute atomic E-state index is 12.9. The van der Waals surface area contributed by atoms with Crippen LogP contribution in [0.3, 0.4) is 0 Å². The fourth-order valence-electron chi connectivity index (χ4n) is 1.56. The van der Waals surface area contributed by atoms with Crippen molar-refractivity contribution in [1.82, 2.24) is 0 Å². The van der Waals surface area contributed by atoms with Gasteiger partial charge in [-0.3, -0.25) is 0 Å². The summed E-state index contributed by atoms with van der Waals surface area (Å²) >= 11 is 0. The van der Waals surface area contributed by atoms with Crippen molar-refractivity contribution in [3.63, 3.8) is 0 Å². The molecule has 0 spiro atoms. The molecule has 0 unspecified atom stereocenters. The summed E-state index contributed by atoms with van der Waals surface area (Å²) < 4.78 is 48.4. The number of methoxy groups -OCH3 is 2. The Balaban J connectivity index is 3.27. The number of benzene rings is 1. The van der Waals surface area contributed by atoms with E-state index in [9.17, 15) is 13.2 Å². The summed E-state index contributed by atoms with van der Waals surface area (Å²) in [6.07, 6.45) is -4.44. The normalized spacial score (nSPS) is 11.4. The maximum Gasteiger partial charge on any atom is 0.416 e. The fraction of sp³-hybridized carbons (Fsp3) is 0.455. The number of ether oxygens (including phenoxy) is 2. The minimum Gasteiger partial charge on any atom is -0.493 e. The Kier molecular flexibility index (Phi) is 4.80. The first-order chi connectivity index (χ1) is 8.43. The third-order valence-corrected chi connectivity index (χ3v) is 2.40. The van der Waals surface area contributed by atoms with E-state index in [1.165, 1.54) is 20.3 Å². The quantitative estimate of drug-likeness (QED) is 0.829. The smallest absolute Gasteiger partial charge is 0.416 e. The van der Waals surface area contributed by atoms with Gasteiger partial charge in [-0.1, -0.05) is 0 Å². The molecule has 0 atom stereocenters. The fourth-order valence-corrected chi connectivity index (χ4v) is 1.56. The van der Waals surface area contributed by atoms with Crippen molar-refractivity contribution < 1.29 is 27.5 Å². The van der Waals surface area contributed by atoms with E-state index in [1.807, 2.05) is 0 Å². The van der Waals surface area contributed by atoms with Crippen molar-refractivity contribution in [2.75, 3.05) is 20.8 Å². The lowest BCUT2D eigenvalue weighted by Gasteiger charge is -2.16. The van der Waals surface area contributed by atoms with Crippen molar-refractivity contribution in [2.45, 2.75) is 12.6 Å². The molecule has 2 N–H and O–H groups in total. The third-order valence-electron chi connectivity index (χ3n) is 2.40. The number of hydrogen-bond acceptors (Lipinski definition) is 4. The lowest BCUT2D eigenvalue weighted by Crippen LogP contribution is -2.13. The van der Waals surface area contributed by atoms with E-state index >= 15 is 0 Å². The molecule has 0 aliphatic carbocycles. The van der Waals surface area contributed by atoms with Crippen LogP contribution >= 0.6 is 0 Å². The Labute approximate surface area is 102 Å². The summed E-state index contributed by atoms with van der Waals surface area (Å²) in [7, 11) is 2.63. The molecule has 1 aromatic rings. The van der Waals surface area contributed by atoms with Gasteiger partial charge in [0.1, 0.15) is 0 Å². The average molecular weight is 265 g/mol. The summed E-state index contributed by atoms with van der Waals surface area (Å²) in [5.74, 6) is 5.09. The van der Waals surface area contributed by atoms with E-state index in [1.54, 1.807) is 0 Å². The lowest BCUT2D eigenvalue weighted by atomic mass is 10.0. The maximum atomic E-state index is 12.9. The molecule has 0 aliphatic rings. The van der Waals surface area contributed by atoms with Gasteiger partial charge in [-0.15, -0.1) is 0 Å². The second-order valence-electron chi connectivity index (χ2n) is 3.48. The summed E-state index contributed by atoms with van der Waals surface area (Å²) in [4.78, 5) is 4.30. The largest absolute Gasteiger partial charge is 0.493 e. The highest BCUT2D eigenvalue weighted by atomic mass is 19.4. The lowest BCUT2D eigenvalue weighted by molar-refractivity contribution is -0.138. The molecule has 0 heterocycles.